The van der Waals surface area contributed by atoms with Crippen LogP contribution in [0, 0.1) is 5.92 Å². The van der Waals surface area contributed by atoms with Gasteiger partial charge in [0, 0.05) is 23.7 Å². The van der Waals surface area contributed by atoms with Crippen molar-refractivity contribution in [3.63, 3.8) is 0 Å². The van der Waals surface area contributed by atoms with Gasteiger partial charge in [-0.05, 0) is 68.3 Å². The van der Waals surface area contributed by atoms with Crippen molar-refractivity contribution in [3.8, 4) is 5.75 Å². The van der Waals surface area contributed by atoms with Gasteiger partial charge in [0.1, 0.15) is 5.75 Å². The van der Waals surface area contributed by atoms with E-state index >= 15 is 0 Å². The van der Waals surface area contributed by atoms with E-state index in [4.69, 9.17) is 4.74 Å². The van der Waals surface area contributed by atoms with Crippen LogP contribution in [-0.4, -0.2) is 45.1 Å². The Bertz CT molecular complexity index is 892. The van der Waals surface area contributed by atoms with Crippen molar-refractivity contribution in [1.29, 1.82) is 0 Å². The lowest BCUT2D eigenvalue weighted by molar-refractivity contribution is 0.242. The Hall–Kier alpha value is -2.06. The fourth-order valence-corrected chi connectivity index (χ4v) is 5.72. The highest BCUT2D eigenvalue weighted by molar-refractivity contribution is 7.91. The van der Waals surface area contributed by atoms with Crippen LogP contribution in [0.5, 0.6) is 5.75 Å². The molecule has 2 heterocycles. The molecule has 1 fully saturated rings. The van der Waals surface area contributed by atoms with Gasteiger partial charge in [-0.2, -0.15) is 0 Å². The SMILES string of the molecule is CC(C)Oc1ccc(NC(=NCC2CCS(=O)(=O)C2)NCCc2cccs2)cc1. The molecule has 1 aromatic heterocycles. The number of hydrogen-bond donors (Lipinski definition) is 2. The van der Waals surface area contributed by atoms with Crippen LogP contribution in [0.15, 0.2) is 46.8 Å². The molecule has 29 heavy (non-hydrogen) atoms. The zero-order valence-electron chi connectivity index (χ0n) is 16.9. The van der Waals surface area contributed by atoms with Gasteiger partial charge in [-0.1, -0.05) is 6.07 Å². The van der Waals surface area contributed by atoms with E-state index in [0.29, 0.717) is 18.9 Å². The molecule has 1 unspecified atom stereocenters. The maximum Gasteiger partial charge on any atom is 0.195 e. The van der Waals surface area contributed by atoms with Crippen molar-refractivity contribution in [2.24, 2.45) is 10.9 Å². The molecule has 0 spiro atoms. The van der Waals surface area contributed by atoms with E-state index in [1.165, 1.54) is 4.88 Å². The number of sulfone groups is 1. The molecule has 158 valence electrons. The quantitative estimate of drug-likeness (QED) is 0.489. The van der Waals surface area contributed by atoms with E-state index in [1.54, 1.807) is 11.3 Å². The molecule has 2 aromatic rings. The van der Waals surface area contributed by atoms with Crippen molar-refractivity contribution in [2.45, 2.75) is 32.8 Å². The fourth-order valence-electron chi connectivity index (χ4n) is 3.16. The van der Waals surface area contributed by atoms with E-state index in [1.807, 2.05) is 38.1 Å². The number of guanidine groups is 1. The molecular weight excluding hydrogens is 406 g/mol. The fraction of sp³-hybridized carbons (Fsp3) is 0.476. The van der Waals surface area contributed by atoms with Gasteiger partial charge in [0.15, 0.2) is 15.8 Å². The van der Waals surface area contributed by atoms with E-state index in [-0.39, 0.29) is 23.5 Å². The Morgan fingerprint density at radius 2 is 2.07 bits per heavy atom. The van der Waals surface area contributed by atoms with Crippen molar-refractivity contribution < 1.29 is 13.2 Å². The van der Waals surface area contributed by atoms with Gasteiger partial charge in [0.2, 0.25) is 0 Å². The zero-order chi connectivity index (χ0) is 20.7. The predicted molar refractivity (Wildman–Crippen MR) is 121 cm³/mol. The first-order valence-electron chi connectivity index (χ1n) is 9.94. The second kappa shape index (κ2) is 10.1. The second-order valence-electron chi connectivity index (χ2n) is 7.53. The number of anilines is 1. The van der Waals surface area contributed by atoms with Crippen molar-refractivity contribution in [2.75, 3.05) is 29.9 Å². The van der Waals surface area contributed by atoms with Crippen LogP contribution in [0.1, 0.15) is 25.1 Å². The molecule has 6 nitrogen and oxygen atoms in total. The molecule has 1 aliphatic rings. The maximum atomic E-state index is 11.7. The lowest BCUT2D eigenvalue weighted by Gasteiger charge is -2.15. The Balaban J connectivity index is 1.61. The van der Waals surface area contributed by atoms with Crippen LogP contribution in [0.2, 0.25) is 0 Å². The van der Waals surface area contributed by atoms with Crippen molar-refractivity contribution in [3.05, 3.63) is 46.7 Å². The molecule has 1 aromatic carbocycles. The first kappa shape index (κ1) is 21.6. The number of nitrogens with one attached hydrogen (secondary N) is 2. The average Bonchev–Trinajstić information content (AvgIpc) is 3.30. The minimum atomic E-state index is -2.89. The zero-order valence-corrected chi connectivity index (χ0v) is 18.6. The topological polar surface area (TPSA) is 79.8 Å². The number of thiophene rings is 1. The lowest BCUT2D eigenvalue weighted by Crippen LogP contribution is -2.33. The van der Waals surface area contributed by atoms with Gasteiger partial charge >= 0.3 is 0 Å². The molecule has 2 N–H and O–H groups in total. The van der Waals surface area contributed by atoms with Crippen LogP contribution >= 0.6 is 11.3 Å². The first-order valence-corrected chi connectivity index (χ1v) is 12.6. The molecule has 1 saturated heterocycles. The Kier molecular flexibility index (Phi) is 7.55. The lowest BCUT2D eigenvalue weighted by atomic mass is 10.1. The number of ether oxygens (including phenoxy) is 1. The third-order valence-corrected chi connectivity index (χ3v) is 7.34. The number of benzene rings is 1. The molecule has 0 radical (unpaired) electrons. The van der Waals surface area contributed by atoms with Gasteiger partial charge in [0.25, 0.3) is 0 Å². The molecule has 3 rings (SSSR count). The average molecular weight is 436 g/mol. The summed E-state index contributed by atoms with van der Waals surface area (Å²) in [5.74, 6) is 2.10. The molecular formula is C21H29N3O3S2. The van der Waals surface area contributed by atoms with Crippen LogP contribution in [0.25, 0.3) is 0 Å². The van der Waals surface area contributed by atoms with E-state index in [2.05, 4.69) is 33.1 Å². The van der Waals surface area contributed by atoms with Crippen molar-refractivity contribution >= 4 is 32.8 Å². The normalized spacial score (nSPS) is 18.7. The largest absolute Gasteiger partial charge is 0.491 e. The number of aliphatic imine (C=N–C) groups is 1. The standard InChI is InChI=1S/C21H29N3O3S2/c1-16(2)27-19-7-5-18(6-8-19)24-21(22-11-9-20-4-3-12-28-20)23-14-17-10-13-29(25,26)15-17/h3-8,12,16-17H,9-11,13-15H2,1-2H3,(H2,22,23,24). The Labute approximate surface area is 177 Å². The Morgan fingerprint density at radius 3 is 2.69 bits per heavy atom. The number of rotatable bonds is 8. The summed E-state index contributed by atoms with van der Waals surface area (Å²) in [6.45, 7) is 5.25. The minimum Gasteiger partial charge on any atom is -0.491 e. The monoisotopic (exact) mass is 435 g/mol. The molecule has 0 bridgehead atoms. The van der Waals surface area contributed by atoms with Crippen LogP contribution in [0.3, 0.4) is 0 Å². The van der Waals surface area contributed by atoms with Gasteiger partial charge in [0.05, 0.1) is 17.6 Å². The van der Waals surface area contributed by atoms with Crippen LogP contribution in [0.4, 0.5) is 5.69 Å². The predicted octanol–water partition coefficient (Wildman–Crippen LogP) is 3.57. The molecule has 0 aliphatic carbocycles. The number of nitrogens with zero attached hydrogens (tertiary/aromatic N) is 1. The van der Waals surface area contributed by atoms with E-state index in [9.17, 15) is 8.42 Å². The molecule has 0 amide bonds. The highest BCUT2D eigenvalue weighted by Gasteiger charge is 2.27. The molecule has 8 heteroatoms. The van der Waals surface area contributed by atoms with Crippen molar-refractivity contribution in [1.82, 2.24) is 5.32 Å². The van der Waals surface area contributed by atoms with Gasteiger partial charge < -0.3 is 15.4 Å². The van der Waals surface area contributed by atoms with Crippen LogP contribution in [-0.2, 0) is 16.3 Å². The highest BCUT2D eigenvalue weighted by Crippen LogP contribution is 2.19. The first-order chi connectivity index (χ1) is 13.9. The summed E-state index contributed by atoms with van der Waals surface area (Å²) in [6, 6.07) is 11.9. The number of hydrogen-bond acceptors (Lipinski definition) is 5. The molecule has 1 atom stereocenters. The molecule has 0 saturated carbocycles. The smallest absolute Gasteiger partial charge is 0.195 e. The highest BCUT2D eigenvalue weighted by atomic mass is 32.2. The van der Waals surface area contributed by atoms with Crippen LogP contribution < -0.4 is 15.4 Å². The maximum absolute atomic E-state index is 11.7. The van der Waals surface area contributed by atoms with E-state index < -0.39 is 9.84 Å². The summed E-state index contributed by atoms with van der Waals surface area (Å²) in [5, 5.41) is 8.76. The third-order valence-electron chi connectivity index (χ3n) is 4.57. The third kappa shape index (κ3) is 7.36. The summed E-state index contributed by atoms with van der Waals surface area (Å²) in [6.07, 6.45) is 1.74. The summed E-state index contributed by atoms with van der Waals surface area (Å²) >= 11 is 1.74. The van der Waals surface area contributed by atoms with E-state index in [0.717, 1.165) is 24.4 Å². The second-order valence-corrected chi connectivity index (χ2v) is 10.8. The summed E-state index contributed by atoms with van der Waals surface area (Å²) in [4.78, 5) is 5.97. The minimum absolute atomic E-state index is 0.0951. The molecule has 1 aliphatic heterocycles. The van der Waals surface area contributed by atoms with Gasteiger partial charge in [-0.15, -0.1) is 11.3 Å². The van der Waals surface area contributed by atoms with Gasteiger partial charge in [-0.25, -0.2) is 8.42 Å². The summed E-state index contributed by atoms with van der Waals surface area (Å²) in [7, 11) is -2.89. The summed E-state index contributed by atoms with van der Waals surface area (Å²) in [5.41, 5.74) is 0.905. The van der Waals surface area contributed by atoms with Gasteiger partial charge in [-0.3, -0.25) is 4.99 Å². The summed E-state index contributed by atoms with van der Waals surface area (Å²) < 4.78 is 29.1. The Morgan fingerprint density at radius 1 is 1.28 bits per heavy atom.